The number of benzene rings is 1. The van der Waals surface area contributed by atoms with Gasteiger partial charge in [0, 0.05) is 24.5 Å². The first kappa shape index (κ1) is 14.0. The lowest BCUT2D eigenvalue weighted by molar-refractivity contribution is 0.0156. The van der Waals surface area contributed by atoms with E-state index in [1.165, 1.54) is 5.56 Å². The summed E-state index contributed by atoms with van der Waals surface area (Å²) in [6.45, 7) is 1.39. The van der Waals surface area contributed by atoms with Crippen molar-refractivity contribution in [1.29, 1.82) is 0 Å². The molecule has 1 aromatic carbocycles. The summed E-state index contributed by atoms with van der Waals surface area (Å²) in [5.41, 5.74) is 2.13. The van der Waals surface area contributed by atoms with Gasteiger partial charge in [-0.1, -0.05) is 18.2 Å². The molecule has 1 aliphatic rings. The summed E-state index contributed by atoms with van der Waals surface area (Å²) in [6, 6.07) is 11.7. The minimum Gasteiger partial charge on any atom is -0.491 e. The Morgan fingerprint density at radius 3 is 2.81 bits per heavy atom. The Labute approximate surface area is 125 Å². The average Bonchev–Trinajstić information content (AvgIpc) is 2.54. The third-order valence-electron chi connectivity index (χ3n) is 4.08. The standard InChI is InChI=1S/C17H20N2O2/c1-19(11-8-13-6-9-18-10-7-13)15-12-21-16-5-3-2-4-14(16)17(15)20/h2-7,9-10,15,17,20H,8,11-12H2,1H3. The van der Waals surface area contributed by atoms with Gasteiger partial charge in [0.15, 0.2) is 0 Å². The SMILES string of the molecule is CN(CCc1ccncc1)C1COc2ccccc2C1O. The molecule has 1 aromatic heterocycles. The normalized spacial score (nSPS) is 20.9. The molecule has 2 unspecified atom stereocenters. The second kappa shape index (κ2) is 6.24. The van der Waals surface area contributed by atoms with Crippen LogP contribution in [-0.2, 0) is 6.42 Å². The van der Waals surface area contributed by atoms with Gasteiger partial charge in [0.1, 0.15) is 18.5 Å². The van der Waals surface area contributed by atoms with E-state index < -0.39 is 6.10 Å². The molecular formula is C17H20N2O2. The molecule has 2 heterocycles. The number of hydrogen-bond acceptors (Lipinski definition) is 4. The van der Waals surface area contributed by atoms with Gasteiger partial charge >= 0.3 is 0 Å². The zero-order valence-electron chi connectivity index (χ0n) is 12.1. The van der Waals surface area contributed by atoms with Crippen LogP contribution in [0.4, 0.5) is 0 Å². The molecule has 0 saturated heterocycles. The number of likely N-dealkylation sites (N-methyl/N-ethyl adjacent to an activating group) is 1. The zero-order chi connectivity index (χ0) is 14.7. The van der Waals surface area contributed by atoms with Gasteiger partial charge in [-0.3, -0.25) is 9.88 Å². The molecule has 3 rings (SSSR count). The first-order chi connectivity index (χ1) is 10.3. The highest BCUT2D eigenvalue weighted by molar-refractivity contribution is 5.37. The Morgan fingerprint density at radius 2 is 2.00 bits per heavy atom. The van der Waals surface area contributed by atoms with Crippen molar-refractivity contribution in [2.75, 3.05) is 20.2 Å². The Hall–Kier alpha value is -1.91. The van der Waals surface area contributed by atoms with Crippen molar-refractivity contribution in [3.05, 3.63) is 59.9 Å². The fourth-order valence-corrected chi connectivity index (χ4v) is 2.72. The fourth-order valence-electron chi connectivity index (χ4n) is 2.72. The van der Waals surface area contributed by atoms with Crippen molar-refractivity contribution >= 4 is 0 Å². The van der Waals surface area contributed by atoms with Crippen molar-refractivity contribution < 1.29 is 9.84 Å². The van der Waals surface area contributed by atoms with Crippen LogP contribution < -0.4 is 4.74 Å². The predicted octanol–water partition coefficient (Wildman–Crippen LogP) is 2.05. The smallest absolute Gasteiger partial charge is 0.125 e. The molecule has 0 bridgehead atoms. The number of aromatic nitrogens is 1. The molecule has 4 nitrogen and oxygen atoms in total. The summed E-state index contributed by atoms with van der Waals surface area (Å²) in [5.74, 6) is 0.795. The second-order valence-corrected chi connectivity index (χ2v) is 5.45. The van der Waals surface area contributed by atoms with Crippen LogP contribution in [0.15, 0.2) is 48.8 Å². The van der Waals surface area contributed by atoms with Crippen LogP contribution >= 0.6 is 0 Å². The maximum absolute atomic E-state index is 10.6. The van der Waals surface area contributed by atoms with E-state index in [4.69, 9.17) is 4.74 Å². The van der Waals surface area contributed by atoms with E-state index >= 15 is 0 Å². The number of hydrogen-bond donors (Lipinski definition) is 1. The van der Waals surface area contributed by atoms with Gasteiger partial charge in [0.25, 0.3) is 0 Å². The van der Waals surface area contributed by atoms with Crippen LogP contribution in [-0.4, -0.2) is 41.2 Å². The number of aliphatic hydroxyl groups is 1. The largest absolute Gasteiger partial charge is 0.491 e. The number of ether oxygens (including phenoxy) is 1. The molecule has 0 aliphatic carbocycles. The van der Waals surface area contributed by atoms with Gasteiger partial charge in [-0.15, -0.1) is 0 Å². The number of para-hydroxylation sites is 1. The zero-order valence-corrected chi connectivity index (χ0v) is 12.1. The molecule has 0 saturated carbocycles. The molecule has 0 spiro atoms. The summed E-state index contributed by atoms with van der Waals surface area (Å²) < 4.78 is 5.77. The fraction of sp³-hybridized carbons (Fsp3) is 0.353. The van der Waals surface area contributed by atoms with Crippen LogP contribution in [0.5, 0.6) is 5.75 Å². The van der Waals surface area contributed by atoms with E-state index in [0.29, 0.717) is 6.61 Å². The molecule has 0 fully saturated rings. The van der Waals surface area contributed by atoms with Gasteiger partial charge in [0.2, 0.25) is 0 Å². The van der Waals surface area contributed by atoms with Gasteiger partial charge in [-0.25, -0.2) is 0 Å². The summed E-state index contributed by atoms with van der Waals surface area (Å²) in [4.78, 5) is 6.19. The number of aliphatic hydroxyl groups excluding tert-OH is 1. The van der Waals surface area contributed by atoms with Crippen LogP contribution in [0.25, 0.3) is 0 Å². The third-order valence-corrected chi connectivity index (χ3v) is 4.08. The van der Waals surface area contributed by atoms with E-state index in [-0.39, 0.29) is 6.04 Å². The van der Waals surface area contributed by atoms with Gasteiger partial charge < -0.3 is 9.84 Å². The molecule has 1 N–H and O–H groups in total. The summed E-state index contributed by atoms with van der Waals surface area (Å²) in [7, 11) is 2.03. The Bertz CT molecular complexity index is 588. The molecule has 21 heavy (non-hydrogen) atoms. The maximum Gasteiger partial charge on any atom is 0.125 e. The molecule has 0 radical (unpaired) electrons. The highest BCUT2D eigenvalue weighted by Crippen LogP contribution is 2.33. The van der Waals surface area contributed by atoms with Gasteiger partial charge in [-0.05, 0) is 37.2 Å². The number of pyridine rings is 1. The monoisotopic (exact) mass is 284 g/mol. The number of fused-ring (bicyclic) bond motifs is 1. The lowest BCUT2D eigenvalue weighted by Gasteiger charge is -2.36. The molecule has 1 aliphatic heterocycles. The van der Waals surface area contributed by atoms with E-state index in [2.05, 4.69) is 9.88 Å². The van der Waals surface area contributed by atoms with Crippen LogP contribution in [0.1, 0.15) is 17.2 Å². The lowest BCUT2D eigenvalue weighted by atomic mass is 9.98. The molecular weight excluding hydrogens is 264 g/mol. The van der Waals surface area contributed by atoms with E-state index in [1.54, 1.807) is 0 Å². The second-order valence-electron chi connectivity index (χ2n) is 5.45. The quantitative estimate of drug-likeness (QED) is 0.933. The minimum absolute atomic E-state index is 0.0123. The Kier molecular flexibility index (Phi) is 4.18. The van der Waals surface area contributed by atoms with E-state index in [1.807, 2.05) is 55.8 Å². The summed E-state index contributed by atoms with van der Waals surface area (Å²) in [5, 5.41) is 10.6. The Morgan fingerprint density at radius 1 is 1.24 bits per heavy atom. The molecule has 0 amide bonds. The van der Waals surface area contributed by atoms with Crippen LogP contribution in [0.2, 0.25) is 0 Å². The first-order valence-corrected chi connectivity index (χ1v) is 7.24. The minimum atomic E-state index is -0.502. The summed E-state index contributed by atoms with van der Waals surface area (Å²) in [6.07, 6.45) is 4.05. The van der Waals surface area contributed by atoms with E-state index in [9.17, 15) is 5.11 Å². The highest BCUT2D eigenvalue weighted by Gasteiger charge is 2.31. The van der Waals surface area contributed by atoms with Crippen molar-refractivity contribution in [2.24, 2.45) is 0 Å². The molecule has 110 valence electrons. The number of nitrogens with zero attached hydrogens (tertiary/aromatic N) is 2. The predicted molar refractivity (Wildman–Crippen MR) is 81.3 cm³/mol. The van der Waals surface area contributed by atoms with Crippen LogP contribution in [0, 0.1) is 0 Å². The van der Waals surface area contributed by atoms with E-state index in [0.717, 1.165) is 24.3 Å². The van der Waals surface area contributed by atoms with Crippen molar-refractivity contribution in [3.8, 4) is 5.75 Å². The van der Waals surface area contributed by atoms with Crippen molar-refractivity contribution in [1.82, 2.24) is 9.88 Å². The Balaban J connectivity index is 1.65. The third kappa shape index (κ3) is 3.06. The number of rotatable bonds is 4. The highest BCUT2D eigenvalue weighted by atomic mass is 16.5. The average molecular weight is 284 g/mol. The maximum atomic E-state index is 10.6. The molecule has 4 heteroatoms. The molecule has 2 atom stereocenters. The lowest BCUT2D eigenvalue weighted by Crippen LogP contribution is -2.44. The van der Waals surface area contributed by atoms with Crippen LogP contribution in [0.3, 0.4) is 0 Å². The molecule has 2 aromatic rings. The van der Waals surface area contributed by atoms with Gasteiger partial charge in [0.05, 0.1) is 6.04 Å². The van der Waals surface area contributed by atoms with Gasteiger partial charge in [-0.2, -0.15) is 0 Å². The summed E-state index contributed by atoms with van der Waals surface area (Å²) >= 11 is 0. The van der Waals surface area contributed by atoms with Crippen molar-refractivity contribution in [3.63, 3.8) is 0 Å². The topological polar surface area (TPSA) is 45.6 Å². The van der Waals surface area contributed by atoms with Crippen molar-refractivity contribution in [2.45, 2.75) is 18.6 Å². The first-order valence-electron chi connectivity index (χ1n) is 7.24.